The normalized spacial score (nSPS) is 13.0. The van der Waals surface area contributed by atoms with Crippen LogP contribution in [0.3, 0.4) is 0 Å². The Hall–Kier alpha value is -2.89. The monoisotopic (exact) mass is 327 g/mol. The number of carbonyl (C=O) groups excluding carboxylic acids is 1. The van der Waals surface area contributed by atoms with Crippen molar-refractivity contribution in [2.45, 2.75) is 25.8 Å². The third-order valence-corrected chi connectivity index (χ3v) is 4.07. The van der Waals surface area contributed by atoms with Crippen molar-refractivity contribution in [2.75, 3.05) is 11.9 Å². The maximum Gasteiger partial charge on any atom is 0.329 e. The van der Waals surface area contributed by atoms with Crippen molar-refractivity contribution >= 4 is 23.4 Å². The van der Waals surface area contributed by atoms with Crippen LogP contribution < -0.4 is 10.2 Å². The Morgan fingerprint density at radius 1 is 1.21 bits per heavy atom. The molecule has 6 heteroatoms. The molecule has 0 aliphatic rings. The van der Waals surface area contributed by atoms with Crippen LogP contribution in [0.15, 0.2) is 48.7 Å². The molecule has 2 rings (SSSR count). The minimum absolute atomic E-state index is 0.288. The molecule has 2 aromatic rings. The molecule has 1 aromatic carbocycles. The highest BCUT2D eigenvalue weighted by atomic mass is 16.4. The fraction of sp³-hybridized carbons (Fsp3) is 0.278. The number of aromatic nitrogens is 1. The van der Waals surface area contributed by atoms with E-state index in [1.807, 2.05) is 42.3 Å². The van der Waals surface area contributed by atoms with Gasteiger partial charge in [-0.05, 0) is 37.6 Å². The third-order valence-electron chi connectivity index (χ3n) is 4.07. The zero-order chi connectivity index (χ0) is 17.7. The van der Waals surface area contributed by atoms with Crippen LogP contribution in [-0.4, -0.2) is 34.6 Å². The summed E-state index contributed by atoms with van der Waals surface area (Å²) in [7, 11) is 1.88. The van der Waals surface area contributed by atoms with Crippen LogP contribution in [-0.2, 0) is 4.79 Å². The first kappa shape index (κ1) is 17.5. The summed E-state index contributed by atoms with van der Waals surface area (Å²) in [6, 6.07) is 13.1. The average Bonchev–Trinajstić information content (AvgIpc) is 2.61. The second kappa shape index (κ2) is 7.12. The van der Waals surface area contributed by atoms with Crippen LogP contribution >= 0.6 is 0 Å². The highest BCUT2D eigenvalue weighted by Gasteiger charge is 2.33. The lowest BCUT2D eigenvalue weighted by atomic mass is 9.99. The van der Waals surface area contributed by atoms with E-state index in [-0.39, 0.29) is 6.42 Å². The van der Waals surface area contributed by atoms with Gasteiger partial charge in [-0.15, -0.1) is 0 Å². The lowest BCUT2D eigenvalue weighted by molar-refractivity contribution is -0.143. The number of carboxylic acids is 1. The topological polar surface area (TPSA) is 82.5 Å². The second-order valence-corrected chi connectivity index (χ2v) is 5.74. The fourth-order valence-corrected chi connectivity index (χ4v) is 2.12. The van der Waals surface area contributed by atoms with Crippen molar-refractivity contribution < 1.29 is 14.7 Å². The Balaban J connectivity index is 2.14. The first-order chi connectivity index (χ1) is 11.4. The molecule has 1 aromatic heterocycles. The third kappa shape index (κ3) is 3.71. The maximum atomic E-state index is 12.2. The first-order valence-electron chi connectivity index (χ1n) is 7.68. The minimum atomic E-state index is -1.30. The predicted molar refractivity (Wildman–Crippen MR) is 92.5 cm³/mol. The van der Waals surface area contributed by atoms with Crippen molar-refractivity contribution in [2.24, 2.45) is 0 Å². The molecule has 0 bridgehead atoms. The van der Waals surface area contributed by atoms with E-state index in [1.165, 1.54) is 13.1 Å². The smallest absolute Gasteiger partial charge is 0.329 e. The van der Waals surface area contributed by atoms with Crippen LogP contribution in [0.2, 0.25) is 0 Å². The van der Waals surface area contributed by atoms with Crippen LogP contribution in [0.4, 0.5) is 11.5 Å². The number of para-hydroxylation sites is 1. The summed E-state index contributed by atoms with van der Waals surface area (Å²) in [5.41, 5.74) is 0.00381. The van der Waals surface area contributed by atoms with Gasteiger partial charge in [-0.25, -0.2) is 9.78 Å². The zero-order valence-corrected chi connectivity index (χ0v) is 14.0. The van der Waals surface area contributed by atoms with E-state index >= 15 is 0 Å². The van der Waals surface area contributed by atoms with Crippen molar-refractivity contribution in [1.29, 1.82) is 0 Å². The Labute approximate surface area is 141 Å². The standard InChI is InChI=1S/C18H21N3O3/c1-4-18(2,17(23)24)20-16(22)13-10-11-15(19-12-13)21(3)14-8-6-5-7-9-14/h5-12H,4H2,1-3H3,(H,20,22)(H,23,24). The molecule has 0 spiro atoms. The van der Waals surface area contributed by atoms with Gasteiger partial charge in [0.2, 0.25) is 0 Å². The van der Waals surface area contributed by atoms with Crippen LogP contribution in [0, 0.1) is 0 Å². The number of rotatable bonds is 6. The number of aliphatic carboxylic acids is 1. The number of pyridine rings is 1. The first-order valence-corrected chi connectivity index (χ1v) is 7.68. The van der Waals surface area contributed by atoms with E-state index in [2.05, 4.69) is 10.3 Å². The Morgan fingerprint density at radius 2 is 1.88 bits per heavy atom. The van der Waals surface area contributed by atoms with E-state index in [1.54, 1.807) is 19.1 Å². The molecule has 126 valence electrons. The van der Waals surface area contributed by atoms with Gasteiger partial charge in [-0.1, -0.05) is 25.1 Å². The predicted octanol–water partition coefficient (Wildman–Crippen LogP) is 2.83. The van der Waals surface area contributed by atoms with Gasteiger partial charge in [-0.2, -0.15) is 0 Å². The number of carbonyl (C=O) groups is 2. The average molecular weight is 327 g/mol. The van der Waals surface area contributed by atoms with Crippen LogP contribution in [0.5, 0.6) is 0 Å². The summed E-state index contributed by atoms with van der Waals surface area (Å²) in [5.74, 6) is -0.829. The molecule has 1 amide bonds. The van der Waals surface area contributed by atoms with Gasteiger partial charge in [0.25, 0.3) is 5.91 Å². The van der Waals surface area contributed by atoms with Crippen molar-refractivity contribution in [1.82, 2.24) is 10.3 Å². The molecule has 1 heterocycles. The number of nitrogens with one attached hydrogen (secondary N) is 1. The molecule has 2 N–H and O–H groups in total. The molecular formula is C18H21N3O3. The van der Waals surface area contributed by atoms with E-state index in [4.69, 9.17) is 0 Å². The van der Waals surface area contributed by atoms with E-state index in [0.717, 1.165) is 5.69 Å². The van der Waals surface area contributed by atoms with Gasteiger partial charge in [0.15, 0.2) is 0 Å². The Morgan fingerprint density at radius 3 is 2.38 bits per heavy atom. The summed E-state index contributed by atoms with van der Waals surface area (Å²) in [4.78, 5) is 29.7. The van der Waals surface area contributed by atoms with Gasteiger partial charge in [-0.3, -0.25) is 4.79 Å². The van der Waals surface area contributed by atoms with Gasteiger partial charge in [0.05, 0.1) is 5.56 Å². The van der Waals surface area contributed by atoms with Crippen molar-refractivity contribution in [3.8, 4) is 0 Å². The van der Waals surface area contributed by atoms with Crippen molar-refractivity contribution in [3.05, 3.63) is 54.2 Å². The molecule has 0 saturated heterocycles. The van der Waals surface area contributed by atoms with Gasteiger partial charge in [0, 0.05) is 18.9 Å². The number of anilines is 2. The molecule has 0 saturated carbocycles. The molecule has 1 atom stereocenters. The molecule has 1 unspecified atom stereocenters. The number of hydrogen-bond donors (Lipinski definition) is 2. The van der Waals surface area contributed by atoms with E-state index in [9.17, 15) is 14.7 Å². The molecular weight excluding hydrogens is 306 g/mol. The fourth-order valence-electron chi connectivity index (χ4n) is 2.12. The Bertz CT molecular complexity index is 716. The van der Waals surface area contributed by atoms with E-state index < -0.39 is 17.4 Å². The maximum absolute atomic E-state index is 12.2. The van der Waals surface area contributed by atoms with Gasteiger partial charge >= 0.3 is 5.97 Å². The summed E-state index contributed by atoms with van der Waals surface area (Å²) < 4.78 is 0. The molecule has 0 fully saturated rings. The number of amides is 1. The highest BCUT2D eigenvalue weighted by molar-refractivity contribution is 5.97. The summed E-state index contributed by atoms with van der Waals surface area (Å²) in [6.07, 6.45) is 1.73. The minimum Gasteiger partial charge on any atom is -0.480 e. The summed E-state index contributed by atoms with van der Waals surface area (Å²) >= 11 is 0. The number of nitrogens with zero attached hydrogens (tertiary/aromatic N) is 2. The van der Waals surface area contributed by atoms with Gasteiger partial charge < -0.3 is 15.3 Å². The number of carboxylic acid groups (broad SMARTS) is 1. The van der Waals surface area contributed by atoms with Gasteiger partial charge in [0.1, 0.15) is 11.4 Å². The number of hydrogen-bond acceptors (Lipinski definition) is 4. The van der Waals surface area contributed by atoms with Crippen LogP contribution in [0.25, 0.3) is 0 Å². The highest BCUT2D eigenvalue weighted by Crippen LogP contribution is 2.21. The SMILES string of the molecule is CCC(C)(NC(=O)c1ccc(N(C)c2ccccc2)nc1)C(=O)O. The zero-order valence-electron chi connectivity index (χ0n) is 14.0. The summed E-state index contributed by atoms with van der Waals surface area (Å²) in [6.45, 7) is 3.20. The summed E-state index contributed by atoms with van der Waals surface area (Å²) in [5, 5.41) is 11.8. The lowest BCUT2D eigenvalue weighted by Gasteiger charge is -2.24. The number of benzene rings is 1. The molecule has 6 nitrogen and oxygen atoms in total. The second-order valence-electron chi connectivity index (χ2n) is 5.74. The molecule has 0 aliphatic carbocycles. The quantitative estimate of drug-likeness (QED) is 0.852. The molecule has 24 heavy (non-hydrogen) atoms. The Kier molecular flexibility index (Phi) is 5.18. The van der Waals surface area contributed by atoms with Crippen molar-refractivity contribution in [3.63, 3.8) is 0 Å². The largest absolute Gasteiger partial charge is 0.480 e. The van der Waals surface area contributed by atoms with Crippen LogP contribution in [0.1, 0.15) is 30.6 Å². The lowest BCUT2D eigenvalue weighted by Crippen LogP contribution is -2.51. The molecule has 0 aliphatic heterocycles. The molecule has 0 radical (unpaired) electrons. The van der Waals surface area contributed by atoms with E-state index in [0.29, 0.717) is 11.4 Å².